The molecule has 2 aliphatic carbocycles. The van der Waals surface area contributed by atoms with E-state index in [4.69, 9.17) is 10.7 Å². The van der Waals surface area contributed by atoms with Gasteiger partial charge in [-0.05, 0) is 81.0 Å². The highest BCUT2D eigenvalue weighted by Gasteiger charge is 2.19. The second-order valence-corrected chi connectivity index (χ2v) is 8.81. The van der Waals surface area contributed by atoms with Gasteiger partial charge in [0, 0.05) is 30.0 Å². The van der Waals surface area contributed by atoms with Crippen LogP contribution in [-0.2, 0) is 6.42 Å². The first-order valence-corrected chi connectivity index (χ1v) is 11.2. The molecule has 0 unspecified atom stereocenters. The van der Waals surface area contributed by atoms with Gasteiger partial charge in [-0.3, -0.25) is 4.98 Å². The Labute approximate surface area is 169 Å². The average molecular weight is 379 g/mol. The van der Waals surface area contributed by atoms with Crippen LogP contribution in [0.5, 0.6) is 0 Å². The Kier molecular flexibility index (Phi) is 6.58. The molecule has 0 bridgehead atoms. The maximum atomic E-state index is 6.05. The van der Waals surface area contributed by atoms with Gasteiger partial charge < -0.3 is 11.1 Å². The highest BCUT2D eigenvalue weighted by Crippen LogP contribution is 2.28. The Bertz CT molecular complexity index is 746. The SMILES string of the molecule is NC1CCC(Cc2cc(-c3cccc(NCC4CCCCC4)n3)ccn2)CC1. The fourth-order valence-corrected chi connectivity index (χ4v) is 4.77. The average Bonchev–Trinajstić information content (AvgIpc) is 2.75. The second-order valence-electron chi connectivity index (χ2n) is 8.81. The minimum absolute atomic E-state index is 0.406. The van der Waals surface area contributed by atoms with Gasteiger partial charge in [-0.1, -0.05) is 25.3 Å². The number of nitrogens with two attached hydrogens (primary N) is 1. The molecule has 28 heavy (non-hydrogen) atoms. The summed E-state index contributed by atoms with van der Waals surface area (Å²) < 4.78 is 0. The van der Waals surface area contributed by atoms with Gasteiger partial charge in [0.25, 0.3) is 0 Å². The van der Waals surface area contributed by atoms with Gasteiger partial charge in [0.05, 0.1) is 5.69 Å². The van der Waals surface area contributed by atoms with E-state index in [-0.39, 0.29) is 0 Å². The van der Waals surface area contributed by atoms with E-state index in [2.05, 4.69) is 40.6 Å². The molecule has 4 rings (SSSR count). The van der Waals surface area contributed by atoms with E-state index in [1.807, 2.05) is 6.20 Å². The predicted molar refractivity (Wildman–Crippen MR) is 116 cm³/mol. The van der Waals surface area contributed by atoms with Gasteiger partial charge in [-0.15, -0.1) is 0 Å². The van der Waals surface area contributed by atoms with Crippen molar-refractivity contribution < 1.29 is 0 Å². The fraction of sp³-hybridized carbons (Fsp3) is 0.583. The lowest BCUT2D eigenvalue weighted by atomic mass is 9.83. The monoisotopic (exact) mass is 378 g/mol. The molecular weight excluding hydrogens is 344 g/mol. The van der Waals surface area contributed by atoms with Crippen molar-refractivity contribution in [2.75, 3.05) is 11.9 Å². The van der Waals surface area contributed by atoms with Gasteiger partial charge in [0.1, 0.15) is 5.82 Å². The topological polar surface area (TPSA) is 63.8 Å². The Morgan fingerprint density at radius 1 is 0.929 bits per heavy atom. The molecule has 0 spiro atoms. The normalized spacial score (nSPS) is 23.5. The van der Waals surface area contributed by atoms with Gasteiger partial charge in [0.15, 0.2) is 0 Å². The summed E-state index contributed by atoms with van der Waals surface area (Å²) in [4.78, 5) is 9.49. The number of nitrogens with one attached hydrogen (secondary N) is 1. The number of rotatable bonds is 6. The van der Waals surface area contributed by atoms with Crippen LogP contribution in [-0.4, -0.2) is 22.6 Å². The van der Waals surface area contributed by atoms with Gasteiger partial charge in [-0.25, -0.2) is 4.98 Å². The van der Waals surface area contributed by atoms with Crippen LogP contribution in [0.4, 0.5) is 5.82 Å². The molecule has 0 aromatic carbocycles. The second kappa shape index (κ2) is 9.51. The quantitative estimate of drug-likeness (QED) is 0.725. The van der Waals surface area contributed by atoms with Crippen molar-refractivity contribution in [3.05, 3.63) is 42.2 Å². The first kappa shape index (κ1) is 19.4. The van der Waals surface area contributed by atoms with Crippen LogP contribution in [0.15, 0.2) is 36.5 Å². The molecule has 0 saturated heterocycles. The lowest BCUT2D eigenvalue weighted by molar-refractivity contribution is 0.323. The first-order valence-electron chi connectivity index (χ1n) is 11.2. The predicted octanol–water partition coefficient (Wildman–Crippen LogP) is 5.20. The highest BCUT2D eigenvalue weighted by molar-refractivity contribution is 5.61. The van der Waals surface area contributed by atoms with E-state index in [9.17, 15) is 0 Å². The Hall–Kier alpha value is -1.94. The van der Waals surface area contributed by atoms with Crippen molar-refractivity contribution in [1.82, 2.24) is 9.97 Å². The van der Waals surface area contributed by atoms with Crippen molar-refractivity contribution in [3.8, 4) is 11.3 Å². The van der Waals surface area contributed by atoms with Crippen molar-refractivity contribution in [3.63, 3.8) is 0 Å². The van der Waals surface area contributed by atoms with E-state index in [0.29, 0.717) is 6.04 Å². The fourth-order valence-electron chi connectivity index (χ4n) is 4.77. The maximum absolute atomic E-state index is 6.05. The third kappa shape index (κ3) is 5.32. The number of anilines is 1. The molecule has 150 valence electrons. The standard InChI is InChI=1S/C24H34N4/c25-21-11-9-18(10-12-21)15-22-16-20(13-14-26-22)23-7-4-8-24(28-23)27-17-19-5-2-1-3-6-19/h4,7-8,13-14,16,18-19,21H,1-3,5-6,9-12,15,17,25H2,(H,27,28). The Morgan fingerprint density at radius 2 is 1.75 bits per heavy atom. The molecule has 0 radical (unpaired) electrons. The molecule has 4 nitrogen and oxygen atoms in total. The zero-order chi connectivity index (χ0) is 19.2. The van der Waals surface area contributed by atoms with Crippen molar-refractivity contribution in [2.24, 2.45) is 17.6 Å². The lowest BCUT2D eigenvalue weighted by Gasteiger charge is -2.25. The van der Waals surface area contributed by atoms with Crippen molar-refractivity contribution in [1.29, 1.82) is 0 Å². The maximum Gasteiger partial charge on any atom is 0.126 e. The molecule has 3 N–H and O–H groups in total. The van der Waals surface area contributed by atoms with Crippen LogP contribution in [0.25, 0.3) is 11.3 Å². The number of aromatic nitrogens is 2. The van der Waals surface area contributed by atoms with Crippen LogP contribution in [0.2, 0.25) is 0 Å². The Morgan fingerprint density at radius 3 is 2.57 bits per heavy atom. The summed E-state index contributed by atoms with van der Waals surface area (Å²) in [6.45, 7) is 1.04. The number of hydrogen-bond acceptors (Lipinski definition) is 4. The molecule has 2 aromatic rings. The minimum Gasteiger partial charge on any atom is -0.370 e. The van der Waals surface area contributed by atoms with Crippen LogP contribution >= 0.6 is 0 Å². The van der Waals surface area contributed by atoms with Crippen LogP contribution in [0.3, 0.4) is 0 Å². The summed E-state index contributed by atoms with van der Waals surface area (Å²) in [6.07, 6.45) is 14.6. The Balaban J connectivity index is 1.39. The number of nitrogens with zero attached hydrogens (tertiary/aromatic N) is 2. The van der Waals surface area contributed by atoms with Crippen LogP contribution in [0, 0.1) is 11.8 Å². The first-order chi connectivity index (χ1) is 13.8. The molecular formula is C24H34N4. The molecule has 0 atom stereocenters. The molecule has 4 heteroatoms. The van der Waals surface area contributed by atoms with E-state index < -0.39 is 0 Å². The smallest absolute Gasteiger partial charge is 0.126 e. The van der Waals surface area contributed by atoms with Crippen molar-refractivity contribution >= 4 is 5.82 Å². The summed E-state index contributed by atoms with van der Waals surface area (Å²) in [5.41, 5.74) is 9.42. The summed E-state index contributed by atoms with van der Waals surface area (Å²) in [5, 5.41) is 3.57. The van der Waals surface area contributed by atoms with Crippen LogP contribution < -0.4 is 11.1 Å². The van der Waals surface area contributed by atoms with Gasteiger partial charge in [0.2, 0.25) is 0 Å². The molecule has 2 aliphatic rings. The summed E-state index contributed by atoms with van der Waals surface area (Å²) in [6, 6.07) is 11.0. The van der Waals surface area contributed by atoms with Crippen molar-refractivity contribution in [2.45, 2.75) is 70.3 Å². The zero-order valence-corrected chi connectivity index (χ0v) is 16.9. The molecule has 2 fully saturated rings. The molecule has 0 amide bonds. The molecule has 2 heterocycles. The number of hydrogen-bond donors (Lipinski definition) is 2. The van der Waals surface area contributed by atoms with Crippen LogP contribution in [0.1, 0.15) is 63.5 Å². The van der Waals surface area contributed by atoms with E-state index in [1.165, 1.54) is 56.2 Å². The van der Waals surface area contributed by atoms with E-state index in [1.54, 1.807) is 0 Å². The summed E-state index contributed by atoms with van der Waals surface area (Å²) in [7, 11) is 0. The summed E-state index contributed by atoms with van der Waals surface area (Å²) >= 11 is 0. The lowest BCUT2D eigenvalue weighted by Crippen LogP contribution is -2.27. The largest absolute Gasteiger partial charge is 0.370 e. The summed E-state index contributed by atoms with van der Waals surface area (Å²) in [5.74, 6) is 2.51. The van der Waals surface area contributed by atoms with E-state index in [0.717, 1.165) is 49.2 Å². The van der Waals surface area contributed by atoms with Gasteiger partial charge in [-0.2, -0.15) is 0 Å². The zero-order valence-electron chi connectivity index (χ0n) is 16.9. The highest BCUT2D eigenvalue weighted by atomic mass is 15.0. The number of pyridine rings is 2. The third-order valence-electron chi connectivity index (χ3n) is 6.55. The van der Waals surface area contributed by atoms with E-state index >= 15 is 0 Å². The molecule has 2 saturated carbocycles. The molecule has 0 aliphatic heterocycles. The third-order valence-corrected chi connectivity index (χ3v) is 6.55. The van der Waals surface area contributed by atoms with Gasteiger partial charge >= 0.3 is 0 Å². The molecule has 2 aromatic heterocycles. The minimum atomic E-state index is 0.406.